The smallest absolute Gasteiger partial charge is 0.210 e. The first-order valence-electron chi connectivity index (χ1n) is 23.7. The number of benzene rings is 5. The number of nitrogens with zero attached hydrogens (tertiary/aromatic N) is 3. The predicted octanol–water partition coefficient (Wildman–Crippen LogP) is 8.62. The van der Waals surface area contributed by atoms with E-state index in [4.69, 9.17) is 0 Å². The Morgan fingerprint density at radius 3 is 1.34 bits per heavy atom. The molecule has 13 nitrogen and oxygen atoms in total. The molecule has 5 aromatic carbocycles. The van der Waals surface area contributed by atoms with E-state index in [0.717, 1.165) is 61.7 Å². The molecule has 8 rings (SSSR count). The molecular weight excluding hydrogens is 959 g/mol. The van der Waals surface area contributed by atoms with E-state index >= 15 is 0 Å². The van der Waals surface area contributed by atoms with Crippen molar-refractivity contribution < 1.29 is 57.7 Å². The Morgan fingerprint density at radius 2 is 0.873 bits per heavy atom. The molecule has 0 saturated heterocycles. The van der Waals surface area contributed by atoms with Crippen LogP contribution in [0.2, 0.25) is 0 Å². The van der Waals surface area contributed by atoms with Gasteiger partial charge < -0.3 is 18.8 Å². The summed E-state index contributed by atoms with van der Waals surface area (Å²) in [6.07, 6.45) is 11.8. The van der Waals surface area contributed by atoms with Crippen molar-refractivity contribution in [2.45, 2.75) is 77.0 Å². The Morgan fingerprint density at radius 1 is 0.479 bits per heavy atom. The third kappa shape index (κ3) is 10.7. The van der Waals surface area contributed by atoms with Crippen LogP contribution in [0.5, 0.6) is 5.75 Å². The Bertz CT molecular complexity index is 3380. The van der Waals surface area contributed by atoms with E-state index in [1.54, 1.807) is 0 Å². The molecule has 16 heteroatoms. The van der Waals surface area contributed by atoms with Gasteiger partial charge in [0.15, 0.2) is 17.1 Å². The number of hydrogen-bond donors (Lipinski definition) is 1. The van der Waals surface area contributed by atoms with Gasteiger partial charge in [-0.25, -0.2) is 25.3 Å². The lowest BCUT2D eigenvalue weighted by Gasteiger charge is -2.17. The standard InChI is InChI=1S/C55H59N3O10S3/c1-53(2)43-18-9-11-20-45(43)56(30-13-33-69(60,61)62)48(53)28-24-40-36-38(22-27-50-55(5,6)51-42-17-8-7-16-39(42)23-26-47(51)58(50)32-15-35-71(66,67)68)37-41(52(40)59)25-29-49-54(3,4)44-19-10-12-21-46(44)57(49)31-14-34-70(63,64)65/h7-12,16-29,36-37H,13-15,30-35H2,1-6H3,(H-2,60,61,62,63,64,65,66,67,68). The van der Waals surface area contributed by atoms with Crippen molar-refractivity contribution in [3.05, 3.63) is 149 Å². The lowest BCUT2D eigenvalue weighted by molar-refractivity contribution is -0.437. The van der Waals surface area contributed by atoms with Gasteiger partial charge in [0.2, 0.25) is 17.1 Å². The van der Waals surface area contributed by atoms with Gasteiger partial charge in [-0.2, -0.15) is 13.7 Å². The summed E-state index contributed by atoms with van der Waals surface area (Å²) in [5.41, 5.74) is 8.32. The fourth-order valence-corrected chi connectivity index (χ4v) is 12.3. The molecule has 0 fully saturated rings. The van der Waals surface area contributed by atoms with Crippen LogP contribution in [0.25, 0.3) is 29.0 Å². The number of fused-ring (bicyclic) bond motifs is 5. The zero-order valence-corrected chi connectivity index (χ0v) is 43.2. The highest BCUT2D eigenvalue weighted by molar-refractivity contribution is 7.86. The summed E-state index contributed by atoms with van der Waals surface area (Å²) in [5.74, 6) is -1.58. The van der Waals surface area contributed by atoms with Crippen molar-refractivity contribution in [3.8, 4) is 5.75 Å². The van der Waals surface area contributed by atoms with Gasteiger partial charge in [0.25, 0.3) is 0 Å². The van der Waals surface area contributed by atoms with Gasteiger partial charge in [0.1, 0.15) is 25.4 Å². The van der Waals surface area contributed by atoms with Gasteiger partial charge in [0, 0.05) is 101 Å². The first-order chi connectivity index (χ1) is 33.3. The van der Waals surface area contributed by atoms with Crippen LogP contribution in [0.15, 0.2) is 115 Å². The second-order valence-corrected chi connectivity index (χ2v) is 24.7. The van der Waals surface area contributed by atoms with E-state index in [-0.39, 0.29) is 44.6 Å². The monoisotopic (exact) mass is 1020 g/mol. The lowest BCUT2D eigenvalue weighted by atomic mass is 9.79. The van der Waals surface area contributed by atoms with E-state index < -0.39 is 63.9 Å². The normalized spacial score (nSPS) is 17.4. The van der Waals surface area contributed by atoms with Crippen LogP contribution in [-0.4, -0.2) is 112 Å². The molecule has 1 N–H and O–H groups in total. The van der Waals surface area contributed by atoms with E-state index in [1.807, 2.05) is 137 Å². The third-order valence-electron chi connectivity index (χ3n) is 14.1. The molecule has 0 radical (unpaired) electrons. The molecule has 3 heterocycles. The minimum Gasteiger partial charge on any atom is -0.748 e. The van der Waals surface area contributed by atoms with Gasteiger partial charge in [-0.15, -0.1) is 0 Å². The van der Waals surface area contributed by atoms with Crippen LogP contribution < -0.4 is 0 Å². The highest BCUT2D eigenvalue weighted by Gasteiger charge is 2.47. The maximum Gasteiger partial charge on any atom is 0.210 e. The summed E-state index contributed by atoms with van der Waals surface area (Å²) in [5, 5.41) is 14.4. The maximum absolute atomic E-state index is 12.3. The molecule has 5 aromatic rings. The number of allylic oxidation sites excluding steroid dienone is 3. The summed E-state index contributed by atoms with van der Waals surface area (Å²) in [4.78, 5) is 0. The van der Waals surface area contributed by atoms with Crippen molar-refractivity contribution >= 4 is 93.6 Å². The largest absolute Gasteiger partial charge is 0.748 e. The highest BCUT2D eigenvalue weighted by atomic mass is 32.2. The number of hydrogen-bond acceptors (Lipinski definition) is 10. The topological polar surface area (TPSA) is 201 Å². The Balaban J connectivity index is 1.28. The second-order valence-electron chi connectivity index (χ2n) is 20.1. The number of phenols is 1. The van der Waals surface area contributed by atoms with Crippen LogP contribution in [0, 0.1) is 0 Å². The van der Waals surface area contributed by atoms with Crippen LogP contribution in [-0.2, 0) is 46.6 Å². The molecule has 71 heavy (non-hydrogen) atoms. The molecule has 0 atom stereocenters. The van der Waals surface area contributed by atoms with E-state index in [0.29, 0.717) is 16.7 Å². The molecular formula is C55H59N3O10S3. The number of rotatable bonds is 18. The third-order valence-corrected chi connectivity index (χ3v) is 16.5. The van der Waals surface area contributed by atoms with Crippen LogP contribution in [0.3, 0.4) is 0 Å². The van der Waals surface area contributed by atoms with Crippen molar-refractivity contribution in [1.82, 2.24) is 0 Å². The number of para-hydroxylation sites is 2. The first-order valence-corrected chi connectivity index (χ1v) is 28.4. The van der Waals surface area contributed by atoms with Crippen LogP contribution >= 0.6 is 0 Å². The molecule has 0 amide bonds. The molecule has 0 saturated carbocycles. The molecule has 0 aromatic heterocycles. The van der Waals surface area contributed by atoms with E-state index in [1.165, 1.54) is 0 Å². The predicted molar refractivity (Wildman–Crippen MR) is 278 cm³/mol. The summed E-state index contributed by atoms with van der Waals surface area (Å²) in [6, 6.07) is 31.6. The fraction of sp³-hybridized carbons (Fsp3) is 0.327. The Labute approximate surface area is 417 Å². The first kappa shape index (κ1) is 51.5. The number of aromatic hydroxyl groups is 1. The van der Waals surface area contributed by atoms with Gasteiger partial charge in [-0.3, -0.25) is 0 Å². The molecule has 3 aliphatic heterocycles. The highest BCUT2D eigenvalue weighted by Crippen LogP contribution is 2.46. The molecule has 0 aliphatic carbocycles. The molecule has 0 bridgehead atoms. The zero-order chi connectivity index (χ0) is 51.3. The zero-order valence-electron chi connectivity index (χ0n) is 40.8. The van der Waals surface area contributed by atoms with Gasteiger partial charge in [0.05, 0.1) is 46.6 Å². The number of phenolic OH excluding ortho intramolecular Hbond substituents is 1. The lowest BCUT2D eigenvalue weighted by Crippen LogP contribution is -2.28. The summed E-state index contributed by atoms with van der Waals surface area (Å²) < 4.78 is 112. The van der Waals surface area contributed by atoms with E-state index in [2.05, 4.69) is 52.2 Å². The van der Waals surface area contributed by atoms with E-state index in [9.17, 15) is 44.0 Å². The molecule has 3 aliphatic rings. The average molecular weight is 1020 g/mol. The van der Waals surface area contributed by atoms with Gasteiger partial charge in [-0.1, -0.05) is 60.7 Å². The minimum absolute atomic E-state index is 0.0290. The van der Waals surface area contributed by atoms with Crippen LogP contribution in [0.1, 0.15) is 94.2 Å². The summed E-state index contributed by atoms with van der Waals surface area (Å²) in [7, 11) is -13.4. The molecule has 372 valence electrons. The summed E-state index contributed by atoms with van der Waals surface area (Å²) in [6.45, 7) is 13.3. The average Bonchev–Trinajstić information content (AvgIpc) is 3.74. The van der Waals surface area contributed by atoms with Crippen molar-refractivity contribution in [2.24, 2.45) is 0 Å². The molecule has 0 spiro atoms. The molecule has 0 unspecified atom stereocenters. The second kappa shape index (κ2) is 19.3. The minimum atomic E-state index is -4.46. The Hall–Kier alpha value is -5.88. The quantitative estimate of drug-likeness (QED) is 0.0654. The van der Waals surface area contributed by atoms with Crippen molar-refractivity contribution in [1.29, 1.82) is 0 Å². The summed E-state index contributed by atoms with van der Waals surface area (Å²) >= 11 is 0. The van der Waals surface area contributed by atoms with Gasteiger partial charge in [-0.05, 0) is 94.3 Å². The maximum atomic E-state index is 12.3. The van der Waals surface area contributed by atoms with Crippen LogP contribution in [0.4, 0.5) is 17.1 Å². The SMILES string of the molecule is CC1(C)C(/C=C/c2cc(/C=C/C3=[N+](CCCS(=O)(=O)[O-])c4ccc5ccccc5c4C3(C)C)cc(/C=C/C3=[N+](CCCS(=O)(=O)[O-])c4ccccc4C3(C)C)c2O)=[N+](CCCS(=O)(=O)[O-])c2ccccc21. The van der Waals surface area contributed by atoms with Crippen molar-refractivity contribution in [3.63, 3.8) is 0 Å². The van der Waals surface area contributed by atoms with Crippen molar-refractivity contribution in [2.75, 3.05) is 36.9 Å². The fourth-order valence-electron chi connectivity index (χ4n) is 10.8. The van der Waals surface area contributed by atoms with Gasteiger partial charge >= 0.3 is 0 Å². The Kier molecular flexibility index (Phi) is 14.0.